The van der Waals surface area contributed by atoms with Crippen LogP contribution in [0.4, 0.5) is 5.69 Å². The van der Waals surface area contributed by atoms with Crippen molar-refractivity contribution in [1.82, 2.24) is 0 Å². The summed E-state index contributed by atoms with van der Waals surface area (Å²) in [4.78, 5) is 0.213. The predicted molar refractivity (Wildman–Crippen MR) is 85.9 cm³/mol. The monoisotopic (exact) mass is 364 g/mol. The average Bonchev–Trinajstić information content (AvgIpc) is 2.48. The molecule has 0 bridgehead atoms. The Morgan fingerprint density at radius 1 is 1.05 bits per heavy atom. The fraction of sp³-hybridized carbons (Fsp3) is 0.133. The van der Waals surface area contributed by atoms with Crippen LogP contribution in [0.1, 0.15) is 11.1 Å². The summed E-state index contributed by atoms with van der Waals surface area (Å²) < 4.78 is 27.0. The van der Waals surface area contributed by atoms with E-state index >= 15 is 0 Å². The summed E-state index contributed by atoms with van der Waals surface area (Å²) in [6.07, 6.45) is 0.851. The van der Waals surface area contributed by atoms with E-state index < -0.39 is 10.0 Å². The topological polar surface area (TPSA) is 70.0 Å². The van der Waals surface area contributed by atoms with E-state index in [0.29, 0.717) is 11.3 Å². The van der Waals surface area contributed by atoms with Gasteiger partial charge in [-0.1, -0.05) is 28.1 Å². The number of nitriles is 1. The van der Waals surface area contributed by atoms with Gasteiger partial charge in [-0.25, -0.2) is 8.42 Å². The number of hydrogen-bond acceptors (Lipinski definition) is 3. The zero-order chi connectivity index (χ0) is 15.3. The van der Waals surface area contributed by atoms with E-state index in [2.05, 4.69) is 20.7 Å². The molecule has 0 saturated heterocycles. The van der Waals surface area contributed by atoms with Crippen molar-refractivity contribution in [3.8, 4) is 6.07 Å². The minimum Gasteiger partial charge on any atom is -0.280 e. The largest absolute Gasteiger partial charge is 0.280 e. The highest BCUT2D eigenvalue weighted by molar-refractivity contribution is 9.09. The molecule has 2 rings (SSSR count). The van der Waals surface area contributed by atoms with Crippen LogP contribution in [0, 0.1) is 11.3 Å². The standard InChI is InChI=1S/C15H13BrN2O2S/c16-10-9-12-3-7-15(8-4-12)21(19,20)18-14-5-1-13(11-17)2-6-14/h1-8,18H,9-10H2. The number of rotatable bonds is 5. The number of nitrogens with zero attached hydrogens (tertiary/aromatic N) is 1. The summed E-state index contributed by atoms with van der Waals surface area (Å²) in [5, 5.41) is 9.55. The van der Waals surface area contributed by atoms with Gasteiger partial charge >= 0.3 is 0 Å². The van der Waals surface area contributed by atoms with E-state index in [1.165, 1.54) is 0 Å². The van der Waals surface area contributed by atoms with Crippen molar-refractivity contribution in [1.29, 1.82) is 5.26 Å². The molecule has 2 aromatic rings. The third-order valence-corrected chi connectivity index (χ3v) is 4.68. The zero-order valence-electron chi connectivity index (χ0n) is 11.1. The van der Waals surface area contributed by atoms with Gasteiger partial charge in [0.25, 0.3) is 10.0 Å². The molecule has 0 aliphatic carbocycles. The number of hydrogen-bond donors (Lipinski definition) is 1. The number of nitrogens with one attached hydrogen (secondary N) is 1. The molecular formula is C15H13BrN2O2S. The van der Waals surface area contributed by atoms with Gasteiger partial charge in [0, 0.05) is 11.0 Å². The van der Waals surface area contributed by atoms with Crippen LogP contribution in [0.15, 0.2) is 53.4 Å². The Kier molecular flexibility index (Phi) is 4.99. The Morgan fingerprint density at radius 2 is 1.67 bits per heavy atom. The van der Waals surface area contributed by atoms with Crippen LogP contribution in [0.25, 0.3) is 0 Å². The second kappa shape index (κ2) is 6.74. The lowest BCUT2D eigenvalue weighted by Crippen LogP contribution is -2.12. The molecule has 21 heavy (non-hydrogen) atoms. The first-order valence-corrected chi connectivity index (χ1v) is 8.83. The summed E-state index contributed by atoms with van der Waals surface area (Å²) in [5.74, 6) is 0. The van der Waals surface area contributed by atoms with Crippen LogP contribution in [-0.2, 0) is 16.4 Å². The van der Waals surface area contributed by atoms with E-state index in [0.717, 1.165) is 17.3 Å². The smallest absolute Gasteiger partial charge is 0.261 e. The number of aryl methyl sites for hydroxylation is 1. The number of halogens is 1. The normalized spacial score (nSPS) is 10.9. The molecule has 0 amide bonds. The average molecular weight is 365 g/mol. The summed E-state index contributed by atoms with van der Waals surface area (Å²) in [6, 6.07) is 15.0. The molecule has 0 aromatic heterocycles. The summed E-state index contributed by atoms with van der Waals surface area (Å²) in [5.41, 5.74) is 1.99. The van der Waals surface area contributed by atoms with Gasteiger partial charge < -0.3 is 0 Å². The van der Waals surface area contributed by atoms with Crippen LogP contribution >= 0.6 is 15.9 Å². The van der Waals surface area contributed by atoms with E-state index in [1.807, 2.05) is 6.07 Å². The highest BCUT2D eigenvalue weighted by atomic mass is 79.9. The third-order valence-electron chi connectivity index (χ3n) is 2.88. The van der Waals surface area contributed by atoms with Crippen molar-refractivity contribution in [3.63, 3.8) is 0 Å². The molecule has 0 radical (unpaired) electrons. The Balaban J connectivity index is 2.19. The van der Waals surface area contributed by atoms with E-state index in [9.17, 15) is 8.42 Å². The van der Waals surface area contributed by atoms with Gasteiger partial charge in [-0.05, 0) is 48.4 Å². The maximum atomic E-state index is 12.2. The first-order valence-electron chi connectivity index (χ1n) is 6.23. The van der Waals surface area contributed by atoms with Crippen LogP contribution in [-0.4, -0.2) is 13.7 Å². The molecule has 0 aliphatic heterocycles. The zero-order valence-corrected chi connectivity index (χ0v) is 13.5. The SMILES string of the molecule is N#Cc1ccc(NS(=O)(=O)c2ccc(CCBr)cc2)cc1. The molecule has 0 atom stereocenters. The maximum Gasteiger partial charge on any atom is 0.261 e. The summed E-state index contributed by atoms with van der Waals surface area (Å²) >= 11 is 3.35. The number of anilines is 1. The Bertz CT molecular complexity index is 748. The fourth-order valence-corrected chi connectivity index (χ4v) is 3.29. The van der Waals surface area contributed by atoms with Gasteiger partial charge in [0.05, 0.1) is 16.5 Å². The quantitative estimate of drug-likeness (QED) is 0.827. The van der Waals surface area contributed by atoms with Gasteiger partial charge in [-0.15, -0.1) is 0 Å². The van der Waals surface area contributed by atoms with Gasteiger partial charge in [-0.3, -0.25) is 4.72 Å². The van der Waals surface area contributed by atoms with Crippen LogP contribution in [0.5, 0.6) is 0 Å². The van der Waals surface area contributed by atoms with Crippen molar-refractivity contribution >= 4 is 31.6 Å². The minimum atomic E-state index is -3.61. The molecule has 108 valence electrons. The minimum absolute atomic E-state index is 0.213. The van der Waals surface area contributed by atoms with Crippen molar-refractivity contribution in [2.75, 3.05) is 10.1 Å². The molecule has 0 unspecified atom stereocenters. The van der Waals surface area contributed by atoms with E-state index in [4.69, 9.17) is 5.26 Å². The van der Waals surface area contributed by atoms with E-state index in [1.54, 1.807) is 48.5 Å². The van der Waals surface area contributed by atoms with Crippen molar-refractivity contribution in [2.45, 2.75) is 11.3 Å². The third kappa shape index (κ3) is 4.06. The second-order valence-corrected chi connectivity index (χ2v) is 6.85. The Labute approximate surface area is 132 Å². The van der Waals surface area contributed by atoms with Crippen LogP contribution < -0.4 is 4.72 Å². The number of benzene rings is 2. The fourth-order valence-electron chi connectivity index (χ4n) is 1.77. The van der Waals surface area contributed by atoms with E-state index in [-0.39, 0.29) is 4.90 Å². The van der Waals surface area contributed by atoms with Crippen LogP contribution in [0.3, 0.4) is 0 Å². The van der Waals surface area contributed by atoms with Gasteiger partial charge in [0.15, 0.2) is 0 Å². The van der Waals surface area contributed by atoms with Gasteiger partial charge in [0.1, 0.15) is 0 Å². The maximum absolute atomic E-state index is 12.2. The van der Waals surface area contributed by atoms with Crippen LogP contribution in [0.2, 0.25) is 0 Å². The highest BCUT2D eigenvalue weighted by Crippen LogP contribution is 2.17. The summed E-state index contributed by atoms with van der Waals surface area (Å²) in [6.45, 7) is 0. The van der Waals surface area contributed by atoms with Gasteiger partial charge in [-0.2, -0.15) is 5.26 Å². The molecule has 0 aliphatic rings. The van der Waals surface area contributed by atoms with Gasteiger partial charge in [0.2, 0.25) is 0 Å². The Morgan fingerprint density at radius 3 is 2.19 bits per heavy atom. The Hall–Kier alpha value is -1.84. The molecule has 0 saturated carbocycles. The molecule has 1 N–H and O–H groups in total. The number of sulfonamides is 1. The summed E-state index contributed by atoms with van der Waals surface area (Å²) in [7, 11) is -3.61. The molecule has 0 fully saturated rings. The molecule has 6 heteroatoms. The lowest BCUT2D eigenvalue weighted by atomic mass is 10.2. The highest BCUT2D eigenvalue weighted by Gasteiger charge is 2.13. The molecule has 0 spiro atoms. The van der Waals surface area contributed by atoms with Crippen molar-refractivity contribution in [2.24, 2.45) is 0 Å². The lowest BCUT2D eigenvalue weighted by Gasteiger charge is -2.08. The molecule has 0 heterocycles. The predicted octanol–water partition coefficient (Wildman–Crippen LogP) is 3.30. The molecule has 2 aromatic carbocycles. The van der Waals surface area contributed by atoms with Crippen molar-refractivity contribution < 1.29 is 8.42 Å². The van der Waals surface area contributed by atoms with Crippen molar-refractivity contribution in [3.05, 3.63) is 59.7 Å². The first kappa shape index (κ1) is 15.5. The first-order chi connectivity index (χ1) is 10.0. The molecule has 4 nitrogen and oxygen atoms in total. The lowest BCUT2D eigenvalue weighted by molar-refractivity contribution is 0.601. The molecular weight excluding hydrogens is 352 g/mol. The second-order valence-electron chi connectivity index (χ2n) is 4.38. The number of alkyl halides is 1.